The lowest BCUT2D eigenvalue weighted by Gasteiger charge is -2.13. The summed E-state index contributed by atoms with van der Waals surface area (Å²) in [5.41, 5.74) is 3.49. The molecule has 0 unspecified atom stereocenters. The third-order valence-corrected chi connectivity index (χ3v) is 3.10. The van der Waals surface area contributed by atoms with Crippen molar-refractivity contribution in [3.05, 3.63) is 41.5 Å². The summed E-state index contributed by atoms with van der Waals surface area (Å²) < 4.78 is 0. The van der Waals surface area contributed by atoms with Crippen LogP contribution in [0.3, 0.4) is 0 Å². The molecule has 0 saturated carbocycles. The molecule has 0 aliphatic rings. The molecule has 20 heavy (non-hydrogen) atoms. The molecule has 6 heteroatoms. The highest BCUT2D eigenvalue weighted by Crippen LogP contribution is 2.36. The molecular weight excluding hydrogens is 258 g/mol. The van der Waals surface area contributed by atoms with E-state index >= 15 is 0 Å². The first-order valence-electron chi connectivity index (χ1n) is 5.96. The van der Waals surface area contributed by atoms with Crippen LogP contribution < -0.4 is 32.2 Å². The third-order valence-electron chi connectivity index (χ3n) is 3.10. The van der Waals surface area contributed by atoms with Gasteiger partial charge in [0.2, 0.25) is 0 Å². The van der Waals surface area contributed by atoms with E-state index in [1.165, 1.54) is 0 Å². The molecule has 2 rings (SSSR count). The Morgan fingerprint density at radius 3 is 1.95 bits per heavy atom. The molecule has 2 aromatic rings. The molecule has 0 bridgehead atoms. The standard InChI is InChI=1S/C14H17N3O3/c1-8-5-10(6-9(2)14(8)20-17)12-7-11(18-15)3-4-13(12)19-16/h3-7H,15-17H2,1-2H3. The van der Waals surface area contributed by atoms with Gasteiger partial charge in [0.05, 0.1) is 0 Å². The van der Waals surface area contributed by atoms with Gasteiger partial charge in [0, 0.05) is 5.56 Å². The zero-order valence-corrected chi connectivity index (χ0v) is 11.3. The molecular formula is C14H17N3O3. The van der Waals surface area contributed by atoms with Crippen LogP contribution >= 0.6 is 0 Å². The summed E-state index contributed by atoms with van der Waals surface area (Å²) in [4.78, 5) is 14.5. The zero-order chi connectivity index (χ0) is 14.7. The van der Waals surface area contributed by atoms with Gasteiger partial charge in [-0.05, 0) is 60.9 Å². The topological polar surface area (TPSA) is 106 Å². The van der Waals surface area contributed by atoms with Crippen molar-refractivity contribution in [1.29, 1.82) is 0 Å². The maximum Gasteiger partial charge on any atom is 0.154 e. The Morgan fingerprint density at radius 1 is 0.800 bits per heavy atom. The molecule has 106 valence electrons. The Balaban J connectivity index is 2.61. The van der Waals surface area contributed by atoms with E-state index in [1.807, 2.05) is 26.0 Å². The molecule has 0 aliphatic carbocycles. The summed E-state index contributed by atoms with van der Waals surface area (Å²) in [7, 11) is 0. The lowest BCUT2D eigenvalue weighted by Crippen LogP contribution is -2.07. The molecule has 0 aromatic heterocycles. The van der Waals surface area contributed by atoms with Crippen molar-refractivity contribution in [3.8, 4) is 28.4 Å². The lowest BCUT2D eigenvalue weighted by molar-refractivity contribution is 0.325. The number of benzene rings is 2. The normalized spacial score (nSPS) is 10.2. The fourth-order valence-electron chi connectivity index (χ4n) is 2.20. The van der Waals surface area contributed by atoms with Crippen molar-refractivity contribution >= 4 is 0 Å². The molecule has 0 fully saturated rings. The van der Waals surface area contributed by atoms with E-state index in [9.17, 15) is 0 Å². The lowest BCUT2D eigenvalue weighted by atomic mass is 9.99. The maximum absolute atomic E-state index is 5.29. The molecule has 6 nitrogen and oxygen atoms in total. The molecule has 0 atom stereocenters. The summed E-state index contributed by atoms with van der Waals surface area (Å²) >= 11 is 0. The van der Waals surface area contributed by atoms with Crippen LogP contribution in [0.1, 0.15) is 11.1 Å². The average molecular weight is 275 g/mol. The zero-order valence-electron chi connectivity index (χ0n) is 11.3. The van der Waals surface area contributed by atoms with Crippen LogP contribution in [0.25, 0.3) is 11.1 Å². The molecule has 0 aliphatic heterocycles. The Labute approximate surface area is 116 Å². The largest absolute Gasteiger partial charge is 0.412 e. The van der Waals surface area contributed by atoms with Crippen LogP contribution in [0, 0.1) is 13.8 Å². The minimum Gasteiger partial charge on any atom is -0.412 e. The first-order valence-corrected chi connectivity index (χ1v) is 5.96. The molecule has 0 heterocycles. The van der Waals surface area contributed by atoms with Crippen LogP contribution in [0.15, 0.2) is 30.3 Å². The number of aryl methyl sites for hydroxylation is 2. The van der Waals surface area contributed by atoms with Gasteiger partial charge in [0.25, 0.3) is 0 Å². The highest BCUT2D eigenvalue weighted by atomic mass is 16.6. The Hall–Kier alpha value is -2.28. The summed E-state index contributed by atoms with van der Waals surface area (Å²) in [6.07, 6.45) is 0. The molecule has 2 aromatic carbocycles. The minimum absolute atomic E-state index is 0.509. The molecule has 6 N–H and O–H groups in total. The van der Waals surface area contributed by atoms with Gasteiger partial charge in [-0.2, -0.15) is 17.7 Å². The molecule has 0 amide bonds. The van der Waals surface area contributed by atoms with Gasteiger partial charge in [0.1, 0.15) is 5.75 Å². The third kappa shape index (κ3) is 2.53. The Kier molecular flexibility index (Phi) is 4.09. The maximum atomic E-state index is 5.29. The second kappa shape index (κ2) is 5.79. The van der Waals surface area contributed by atoms with Crippen molar-refractivity contribution in [1.82, 2.24) is 0 Å². The summed E-state index contributed by atoms with van der Waals surface area (Å²) in [6, 6.07) is 8.96. The van der Waals surface area contributed by atoms with E-state index in [2.05, 4.69) is 0 Å². The minimum atomic E-state index is 0.509. The van der Waals surface area contributed by atoms with E-state index in [1.54, 1.807) is 18.2 Å². The van der Waals surface area contributed by atoms with E-state index in [4.69, 9.17) is 32.2 Å². The number of hydrogen-bond acceptors (Lipinski definition) is 6. The summed E-state index contributed by atoms with van der Waals surface area (Å²) in [5, 5.41) is 0. The quantitative estimate of drug-likeness (QED) is 0.734. The number of nitrogens with two attached hydrogens (primary N) is 3. The van der Waals surface area contributed by atoms with Gasteiger partial charge in [-0.3, -0.25) is 0 Å². The number of hydrogen-bond donors (Lipinski definition) is 3. The van der Waals surface area contributed by atoms with Crippen LogP contribution in [0.2, 0.25) is 0 Å². The van der Waals surface area contributed by atoms with Gasteiger partial charge < -0.3 is 14.5 Å². The summed E-state index contributed by atoms with van der Waals surface area (Å²) in [5.74, 6) is 17.4. The first kappa shape index (κ1) is 14.1. The highest BCUT2D eigenvalue weighted by Gasteiger charge is 2.12. The van der Waals surface area contributed by atoms with Gasteiger partial charge in [-0.25, -0.2) is 0 Å². The second-order valence-electron chi connectivity index (χ2n) is 4.45. The van der Waals surface area contributed by atoms with Crippen molar-refractivity contribution < 1.29 is 14.5 Å². The van der Waals surface area contributed by atoms with Gasteiger partial charge in [-0.1, -0.05) is 0 Å². The molecule has 0 radical (unpaired) electrons. The predicted molar refractivity (Wildman–Crippen MR) is 75.8 cm³/mol. The first-order chi connectivity index (χ1) is 9.60. The van der Waals surface area contributed by atoms with Crippen LogP contribution in [0.4, 0.5) is 0 Å². The average Bonchev–Trinajstić information content (AvgIpc) is 2.46. The Morgan fingerprint density at radius 2 is 1.45 bits per heavy atom. The Bertz CT molecular complexity index is 606. The van der Waals surface area contributed by atoms with Crippen LogP contribution in [-0.4, -0.2) is 0 Å². The van der Waals surface area contributed by atoms with Crippen LogP contribution in [0.5, 0.6) is 17.2 Å². The number of rotatable bonds is 4. The smallest absolute Gasteiger partial charge is 0.154 e. The predicted octanol–water partition coefficient (Wildman–Crippen LogP) is 1.73. The van der Waals surface area contributed by atoms with Crippen molar-refractivity contribution in [2.75, 3.05) is 0 Å². The van der Waals surface area contributed by atoms with Crippen molar-refractivity contribution in [2.24, 2.45) is 17.7 Å². The van der Waals surface area contributed by atoms with E-state index < -0.39 is 0 Å². The molecule has 0 spiro atoms. The fourth-order valence-corrected chi connectivity index (χ4v) is 2.20. The van der Waals surface area contributed by atoms with Crippen molar-refractivity contribution in [2.45, 2.75) is 13.8 Å². The monoisotopic (exact) mass is 275 g/mol. The van der Waals surface area contributed by atoms with Crippen molar-refractivity contribution in [3.63, 3.8) is 0 Å². The van der Waals surface area contributed by atoms with E-state index in [0.29, 0.717) is 17.2 Å². The van der Waals surface area contributed by atoms with E-state index in [-0.39, 0.29) is 0 Å². The van der Waals surface area contributed by atoms with Crippen LogP contribution in [-0.2, 0) is 0 Å². The second-order valence-corrected chi connectivity index (χ2v) is 4.45. The molecule has 0 saturated heterocycles. The van der Waals surface area contributed by atoms with E-state index in [0.717, 1.165) is 22.3 Å². The van der Waals surface area contributed by atoms with Gasteiger partial charge >= 0.3 is 0 Å². The van der Waals surface area contributed by atoms with Gasteiger partial charge in [0.15, 0.2) is 11.5 Å². The van der Waals surface area contributed by atoms with Gasteiger partial charge in [-0.15, -0.1) is 0 Å². The summed E-state index contributed by atoms with van der Waals surface area (Å²) in [6.45, 7) is 3.82. The highest BCUT2D eigenvalue weighted by molar-refractivity contribution is 5.74. The SMILES string of the molecule is Cc1cc(-c2cc(ON)ccc2ON)cc(C)c1ON. The fraction of sp³-hybridized carbons (Fsp3) is 0.143.